The van der Waals surface area contributed by atoms with Crippen LogP contribution >= 0.6 is 15.9 Å². The van der Waals surface area contributed by atoms with E-state index in [2.05, 4.69) is 46.3 Å². The number of hydrogen-bond acceptors (Lipinski definition) is 1. The molecule has 106 valence electrons. The molecule has 2 atom stereocenters. The highest BCUT2D eigenvalue weighted by Crippen LogP contribution is 2.47. The normalized spacial score (nSPS) is 29.8. The summed E-state index contributed by atoms with van der Waals surface area (Å²) < 4.78 is 17.7. The fourth-order valence-corrected chi connectivity index (χ4v) is 3.89. The molecule has 2 unspecified atom stereocenters. The molecule has 1 fully saturated rings. The fraction of sp³-hybridized carbons (Fsp3) is 0.667. The molecular formula is C15H22BrNOS. The summed E-state index contributed by atoms with van der Waals surface area (Å²) in [6.45, 7) is 10.3. The van der Waals surface area contributed by atoms with E-state index < -0.39 is 11.0 Å². The number of halogens is 1. The minimum Gasteiger partial charge on any atom is -0.234 e. The Morgan fingerprint density at radius 3 is 2.63 bits per heavy atom. The van der Waals surface area contributed by atoms with Crippen LogP contribution in [0.3, 0.4) is 0 Å². The van der Waals surface area contributed by atoms with Crippen LogP contribution in [0.1, 0.15) is 47.5 Å². The van der Waals surface area contributed by atoms with Gasteiger partial charge in [0.1, 0.15) is 11.0 Å². The van der Waals surface area contributed by atoms with Crippen LogP contribution < -0.4 is 0 Å². The Labute approximate surface area is 127 Å². The monoisotopic (exact) mass is 343 g/mol. The van der Waals surface area contributed by atoms with Crippen molar-refractivity contribution < 1.29 is 4.21 Å². The maximum Gasteiger partial charge on any atom is 0.145 e. The van der Waals surface area contributed by atoms with E-state index in [4.69, 9.17) is 0 Å². The van der Waals surface area contributed by atoms with Crippen LogP contribution in [0.5, 0.6) is 0 Å². The number of fused-ring (bicyclic) bond motifs is 1. The Bertz CT molecular complexity index is 509. The summed E-state index contributed by atoms with van der Waals surface area (Å²) in [5.41, 5.74) is 2.33. The minimum absolute atomic E-state index is 0.0167. The zero-order chi connectivity index (χ0) is 14.4. The van der Waals surface area contributed by atoms with Crippen LogP contribution in [0.4, 0.5) is 0 Å². The lowest BCUT2D eigenvalue weighted by Crippen LogP contribution is -2.25. The van der Waals surface area contributed by atoms with E-state index in [-0.39, 0.29) is 10.2 Å². The lowest BCUT2D eigenvalue weighted by molar-refractivity contribution is 0.439. The Morgan fingerprint density at radius 1 is 1.42 bits per heavy atom. The third kappa shape index (κ3) is 3.10. The van der Waals surface area contributed by atoms with E-state index in [1.54, 1.807) is 0 Å². The van der Waals surface area contributed by atoms with Crippen LogP contribution in [0.2, 0.25) is 0 Å². The maximum atomic E-state index is 12.3. The summed E-state index contributed by atoms with van der Waals surface area (Å²) >= 11 is 3.55. The van der Waals surface area contributed by atoms with Gasteiger partial charge in [-0.25, -0.2) is 4.21 Å². The Kier molecular flexibility index (Phi) is 3.96. The number of rotatable bonds is 1. The predicted molar refractivity (Wildman–Crippen MR) is 86.9 cm³/mol. The quantitative estimate of drug-likeness (QED) is 0.686. The largest absolute Gasteiger partial charge is 0.234 e. The lowest BCUT2D eigenvalue weighted by Gasteiger charge is -2.21. The zero-order valence-corrected chi connectivity index (χ0v) is 14.7. The molecule has 0 bridgehead atoms. The molecule has 19 heavy (non-hydrogen) atoms. The fourth-order valence-electron chi connectivity index (χ4n) is 2.66. The van der Waals surface area contributed by atoms with Crippen molar-refractivity contribution in [3.8, 4) is 0 Å². The minimum atomic E-state index is -1.19. The molecular weight excluding hydrogens is 322 g/mol. The van der Waals surface area contributed by atoms with Gasteiger partial charge in [0.15, 0.2) is 0 Å². The predicted octanol–water partition coefficient (Wildman–Crippen LogP) is 4.54. The summed E-state index contributed by atoms with van der Waals surface area (Å²) in [5.74, 6) is 0.534. The smallest absolute Gasteiger partial charge is 0.145 e. The number of nitrogens with zero attached hydrogens (tertiary/aromatic N) is 1. The lowest BCUT2D eigenvalue weighted by atomic mass is 9.89. The van der Waals surface area contributed by atoms with Crippen LogP contribution in [0, 0.1) is 11.3 Å². The Hall–Kier alpha value is -0.220. The SMILES string of the molecule is CC1(C)CC2CC=C(Br)C=C2C1=NS(=O)C(C)(C)C. The van der Waals surface area contributed by atoms with Crippen molar-refractivity contribution in [2.75, 3.05) is 0 Å². The van der Waals surface area contributed by atoms with Gasteiger partial charge in [0.2, 0.25) is 0 Å². The van der Waals surface area contributed by atoms with Crippen LogP contribution in [0.15, 0.2) is 26.6 Å². The molecule has 0 radical (unpaired) electrons. The first kappa shape index (κ1) is 15.2. The highest BCUT2D eigenvalue weighted by molar-refractivity contribution is 9.11. The van der Waals surface area contributed by atoms with Crippen molar-refractivity contribution >= 4 is 32.6 Å². The van der Waals surface area contributed by atoms with Crippen LogP contribution in [0.25, 0.3) is 0 Å². The number of hydrogen-bond donors (Lipinski definition) is 0. The highest BCUT2D eigenvalue weighted by atomic mass is 79.9. The third-order valence-electron chi connectivity index (χ3n) is 3.70. The average molecular weight is 344 g/mol. The standard InChI is InChI=1S/C15H22BrNOS/c1-14(2,3)19(18)17-13-12-8-11(16)7-6-10(12)9-15(13,4)5/h7-8,10H,6,9H2,1-5H3. The average Bonchev–Trinajstić information content (AvgIpc) is 2.49. The van der Waals surface area contributed by atoms with Gasteiger partial charge in [-0.15, -0.1) is 0 Å². The van der Waals surface area contributed by atoms with Gasteiger partial charge in [-0.3, -0.25) is 0 Å². The van der Waals surface area contributed by atoms with E-state index in [0.29, 0.717) is 5.92 Å². The summed E-state index contributed by atoms with van der Waals surface area (Å²) in [4.78, 5) is 0. The van der Waals surface area contributed by atoms with Crippen LogP contribution in [-0.2, 0) is 11.0 Å². The van der Waals surface area contributed by atoms with E-state index in [9.17, 15) is 4.21 Å². The molecule has 0 saturated heterocycles. The van der Waals surface area contributed by atoms with Crippen molar-refractivity contribution in [1.82, 2.24) is 0 Å². The molecule has 0 aromatic carbocycles. The van der Waals surface area contributed by atoms with Crippen molar-refractivity contribution in [3.05, 3.63) is 22.2 Å². The third-order valence-corrected chi connectivity index (χ3v) is 5.65. The maximum absolute atomic E-state index is 12.3. The van der Waals surface area contributed by atoms with Crippen molar-refractivity contribution in [2.24, 2.45) is 15.7 Å². The van der Waals surface area contributed by atoms with Crippen molar-refractivity contribution in [3.63, 3.8) is 0 Å². The highest BCUT2D eigenvalue weighted by Gasteiger charge is 2.42. The van der Waals surface area contributed by atoms with E-state index >= 15 is 0 Å². The first-order valence-corrected chi connectivity index (χ1v) is 8.60. The first-order valence-electron chi connectivity index (χ1n) is 6.70. The van der Waals surface area contributed by atoms with Gasteiger partial charge in [-0.1, -0.05) is 35.9 Å². The van der Waals surface area contributed by atoms with Gasteiger partial charge in [-0.2, -0.15) is 4.40 Å². The van der Waals surface area contributed by atoms with Gasteiger partial charge in [0.25, 0.3) is 0 Å². The molecule has 0 spiro atoms. The Morgan fingerprint density at radius 2 is 2.05 bits per heavy atom. The van der Waals surface area contributed by atoms with Gasteiger partial charge in [0.05, 0.1) is 10.5 Å². The molecule has 0 N–H and O–H groups in total. The van der Waals surface area contributed by atoms with Crippen molar-refractivity contribution in [1.29, 1.82) is 0 Å². The summed E-state index contributed by atoms with van der Waals surface area (Å²) in [6, 6.07) is 0. The van der Waals surface area contributed by atoms with Gasteiger partial charge >= 0.3 is 0 Å². The molecule has 0 aromatic rings. The second-order valence-electron chi connectivity index (χ2n) is 7.01. The van der Waals surface area contributed by atoms with E-state index in [1.807, 2.05) is 20.8 Å². The molecule has 0 aromatic heterocycles. The second kappa shape index (κ2) is 4.96. The molecule has 2 nitrogen and oxygen atoms in total. The van der Waals surface area contributed by atoms with Gasteiger partial charge in [0, 0.05) is 9.90 Å². The molecule has 0 aliphatic heterocycles. The summed E-state index contributed by atoms with van der Waals surface area (Å²) in [7, 11) is -1.19. The van der Waals surface area contributed by atoms with Gasteiger partial charge < -0.3 is 0 Å². The summed E-state index contributed by atoms with van der Waals surface area (Å²) in [6.07, 6.45) is 6.52. The molecule has 4 heteroatoms. The molecule has 0 heterocycles. The van der Waals surface area contributed by atoms with E-state index in [0.717, 1.165) is 23.0 Å². The molecule has 2 aliphatic rings. The molecule has 2 aliphatic carbocycles. The topological polar surface area (TPSA) is 29.4 Å². The second-order valence-corrected chi connectivity index (χ2v) is 9.83. The van der Waals surface area contributed by atoms with Crippen molar-refractivity contribution in [2.45, 2.75) is 52.2 Å². The molecule has 1 saturated carbocycles. The first-order chi connectivity index (χ1) is 8.61. The molecule has 0 amide bonds. The Balaban J connectivity index is 2.44. The van der Waals surface area contributed by atoms with Crippen LogP contribution in [-0.4, -0.2) is 14.7 Å². The zero-order valence-electron chi connectivity index (χ0n) is 12.3. The molecule has 2 rings (SSSR count). The summed E-state index contributed by atoms with van der Waals surface area (Å²) in [5, 5.41) is 0. The van der Waals surface area contributed by atoms with E-state index in [1.165, 1.54) is 5.57 Å². The van der Waals surface area contributed by atoms with Gasteiger partial charge in [-0.05, 0) is 51.2 Å². The number of allylic oxidation sites excluding steroid dienone is 4.